The van der Waals surface area contributed by atoms with E-state index in [0.29, 0.717) is 10.8 Å². The number of carbonyl (C=O) groups excluding carboxylic acids is 1. The predicted octanol–water partition coefficient (Wildman–Crippen LogP) is 3.88. The van der Waals surface area contributed by atoms with Crippen molar-refractivity contribution in [3.05, 3.63) is 51.2 Å². The van der Waals surface area contributed by atoms with Gasteiger partial charge in [-0.15, -0.1) is 11.3 Å². The van der Waals surface area contributed by atoms with Gasteiger partial charge in [0.05, 0.1) is 10.6 Å². The quantitative estimate of drug-likeness (QED) is 0.642. The van der Waals surface area contributed by atoms with Gasteiger partial charge in [0, 0.05) is 9.90 Å². The molecule has 1 amide bonds. The molecule has 116 valence electrons. The zero-order chi connectivity index (χ0) is 15.9. The van der Waals surface area contributed by atoms with Gasteiger partial charge in [0.1, 0.15) is 5.75 Å². The van der Waals surface area contributed by atoms with Crippen LogP contribution in [0.25, 0.3) is 0 Å². The molecule has 1 N–H and O–H groups in total. The number of hydrazone groups is 1. The van der Waals surface area contributed by atoms with Gasteiger partial charge in [0.25, 0.3) is 5.91 Å². The Morgan fingerprint density at radius 3 is 2.64 bits per heavy atom. The third-order valence-electron chi connectivity index (χ3n) is 2.90. The molecule has 0 aliphatic carbocycles. The van der Waals surface area contributed by atoms with Gasteiger partial charge in [-0.3, -0.25) is 4.79 Å². The first kappa shape index (κ1) is 16.5. The first-order valence-corrected chi connectivity index (χ1v) is 8.08. The third-order valence-corrected chi connectivity index (χ3v) is 4.49. The smallest absolute Gasteiger partial charge is 0.277 e. The van der Waals surface area contributed by atoms with Crippen LogP contribution in [0.1, 0.15) is 23.6 Å². The SMILES string of the molecule is CCc1ccc(C(C)=NNC(=O)COc2ccc(Cl)cc2)s1. The third kappa shape index (κ3) is 4.86. The zero-order valence-corrected chi connectivity index (χ0v) is 14.0. The fourth-order valence-corrected chi connectivity index (χ4v) is 2.69. The number of amides is 1. The van der Waals surface area contributed by atoms with Gasteiger partial charge in [0.2, 0.25) is 0 Å². The predicted molar refractivity (Wildman–Crippen MR) is 91.0 cm³/mol. The second kappa shape index (κ2) is 7.96. The van der Waals surface area contributed by atoms with Crippen LogP contribution in [0, 0.1) is 0 Å². The maximum Gasteiger partial charge on any atom is 0.277 e. The van der Waals surface area contributed by atoms with Crippen LogP contribution in [0.5, 0.6) is 5.75 Å². The summed E-state index contributed by atoms with van der Waals surface area (Å²) in [6, 6.07) is 10.9. The number of hydrogen-bond donors (Lipinski definition) is 1. The van der Waals surface area contributed by atoms with Gasteiger partial charge in [-0.25, -0.2) is 5.43 Å². The Kier molecular flexibility index (Phi) is 5.98. The van der Waals surface area contributed by atoms with Gasteiger partial charge < -0.3 is 4.74 Å². The van der Waals surface area contributed by atoms with Crippen LogP contribution in [0.4, 0.5) is 0 Å². The minimum absolute atomic E-state index is 0.0942. The monoisotopic (exact) mass is 336 g/mol. The summed E-state index contributed by atoms with van der Waals surface area (Å²) in [4.78, 5) is 14.1. The van der Waals surface area contributed by atoms with Crippen molar-refractivity contribution in [2.24, 2.45) is 5.10 Å². The Balaban J connectivity index is 1.83. The number of halogens is 1. The Labute approximate surface area is 138 Å². The zero-order valence-electron chi connectivity index (χ0n) is 12.4. The molecular formula is C16H17ClN2O2S. The van der Waals surface area contributed by atoms with E-state index in [9.17, 15) is 4.79 Å². The van der Waals surface area contributed by atoms with E-state index in [2.05, 4.69) is 23.5 Å². The summed E-state index contributed by atoms with van der Waals surface area (Å²) in [7, 11) is 0. The van der Waals surface area contributed by atoms with Crippen molar-refractivity contribution in [1.82, 2.24) is 5.43 Å². The van der Waals surface area contributed by atoms with E-state index in [1.807, 2.05) is 13.0 Å². The van der Waals surface area contributed by atoms with E-state index < -0.39 is 0 Å². The van der Waals surface area contributed by atoms with Gasteiger partial charge in [0.15, 0.2) is 6.61 Å². The lowest BCUT2D eigenvalue weighted by molar-refractivity contribution is -0.123. The molecule has 0 radical (unpaired) electrons. The Bertz CT molecular complexity index is 665. The van der Waals surface area contributed by atoms with Crippen LogP contribution in [0.3, 0.4) is 0 Å². The molecule has 1 aromatic heterocycles. The second-order valence-corrected chi connectivity index (χ2v) is 6.20. The normalized spacial score (nSPS) is 11.3. The molecule has 0 aliphatic heterocycles. The summed E-state index contributed by atoms with van der Waals surface area (Å²) in [5.74, 6) is 0.285. The lowest BCUT2D eigenvalue weighted by Crippen LogP contribution is -2.25. The lowest BCUT2D eigenvalue weighted by atomic mass is 10.3. The minimum atomic E-state index is -0.304. The second-order valence-electron chi connectivity index (χ2n) is 4.59. The van der Waals surface area contributed by atoms with Crippen LogP contribution >= 0.6 is 22.9 Å². The number of aryl methyl sites for hydroxylation is 1. The fourth-order valence-electron chi connectivity index (χ4n) is 1.68. The molecule has 1 heterocycles. The van der Waals surface area contributed by atoms with Crippen LogP contribution in [-0.4, -0.2) is 18.2 Å². The van der Waals surface area contributed by atoms with Gasteiger partial charge in [-0.1, -0.05) is 18.5 Å². The van der Waals surface area contributed by atoms with Crippen LogP contribution in [0.2, 0.25) is 5.02 Å². The average Bonchev–Trinajstić information content (AvgIpc) is 3.01. The van der Waals surface area contributed by atoms with Crippen molar-refractivity contribution in [3.63, 3.8) is 0 Å². The van der Waals surface area contributed by atoms with Gasteiger partial charge in [-0.2, -0.15) is 5.10 Å². The van der Waals surface area contributed by atoms with Crippen LogP contribution < -0.4 is 10.2 Å². The molecule has 0 atom stereocenters. The van der Waals surface area contributed by atoms with Crippen molar-refractivity contribution in [2.45, 2.75) is 20.3 Å². The largest absolute Gasteiger partial charge is 0.484 e. The van der Waals surface area contributed by atoms with E-state index in [0.717, 1.165) is 17.0 Å². The average molecular weight is 337 g/mol. The topological polar surface area (TPSA) is 50.7 Å². The van der Waals surface area contributed by atoms with Gasteiger partial charge in [-0.05, 0) is 49.7 Å². The highest BCUT2D eigenvalue weighted by atomic mass is 35.5. The number of hydrogen-bond acceptors (Lipinski definition) is 4. The highest BCUT2D eigenvalue weighted by Crippen LogP contribution is 2.17. The summed E-state index contributed by atoms with van der Waals surface area (Å²) in [5.41, 5.74) is 3.28. The van der Waals surface area contributed by atoms with Crippen molar-refractivity contribution < 1.29 is 9.53 Å². The number of nitrogens with zero attached hydrogens (tertiary/aromatic N) is 1. The Hall–Kier alpha value is -1.85. The van der Waals surface area contributed by atoms with Crippen molar-refractivity contribution in [3.8, 4) is 5.75 Å². The molecule has 2 rings (SSSR count). The first-order chi connectivity index (χ1) is 10.6. The standard InChI is InChI=1S/C16H17ClN2O2S/c1-3-14-8-9-15(22-14)11(2)18-19-16(20)10-21-13-6-4-12(17)5-7-13/h4-9H,3,10H2,1-2H3,(H,19,20). The lowest BCUT2D eigenvalue weighted by Gasteiger charge is -2.05. The molecule has 0 saturated heterocycles. The maximum absolute atomic E-state index is 11.7. The molecule has 0 aliphatic rings. The number of rotatable bonds is 6. The Morgan fingerprint density at radius 1 is 1.27 bits per heavy atom. The highest BCUT2D eigenvalue weighted by molar-refractivity contribution is 7.14. The van der Waals surface area contributed by atoms with Gasteiger partial charge >= 0.3 is 0 Å². The maximum atomic E-state index is 11.7. The van der Waals surface area contributed by atoms with E-state index in [-0.39, 0.29) is 12.5 Å². The molecule has 6 heteroatoms. The molecule has 22 heavy (non-hydrogen) atoms. The summed E-state index contributed by atoms with van der Waals surface area (Å²) < 4.78 is 5.34. The van der Waals surface area contributed by atoms with E-state index in [1.165, 1.54) is 4.88 Å². The van der Waals surface area contributed by atoms with Crippen LogP contribution in [-0.2, 0) is 11.2 Å². The molecule has 4 nitrogen and oxygen atoms in total. The number of thiophene rings is 1. The fraction of sp³-hybridized carbons (Fsp3) is 0.250. The van der Waals surface area contributed by atoms with Crippen molar-refractivity contribution in [2.75, 3.05) is 6.61 Å². The van der Waals surface area contributed by atoms with E-state index in [4.69, 9.17) is 16.3 Å². The number of benzene rings is 1. The molecule has 1 aromatic carbocycles. The molecule has 0 bridgehead atoms. The number of ether oxygens (including phenoxy) is 1. The molecule has 0 unspecified atom stereocenters. The molecule has 0 spiro atoms. The molecule has 2 aromatic rings. The Morgan fingerprint density at radius 2 is 2.00 bits per heavy atom. The van der Waals surface area contributed by atoms with Crippen molar-refractivity contribution >= 4 is 34.6 Å². The summed E-state index contributed by atoms with van der Waals surface area (Å²) in [6.07, 6.45) is 0.999. The van der Waals surface area contributed by atoms with E-state index in [1.54, 1.807) is 35.6 Å². The molecular weight excluding hydrogens is 320 g/mol. The number of carbonyl (C=O) groups is 1. The number of nitrogens with one attached hydrogen (secondary N) is 1. The van der Waals surface area contributed by atoms with Crippen LogP contribution in [0.15, 0.2) is 41.5 Å². The first-order valence-electron chi connectivity index (χ1n) is 6.89. The molecule has 0 fully saturated rings. The minimum Gasteiger partial charge on any atom is -0.484 e. The highest BCUT2D eigenvalue weighted by Gasteiger charge is 2.05. The summed E-state index contributed by atoms with van der Waals surface area (Å²) in [5, 5.41) is 4.72. The summed E-state index contributed by atoms with van der Waals surface area (Å²) >= 11 is 7.46. The summed E-state index contributed by atoms with van der Waals surface area (Å²) in [6.45, 7) is 3.88. The van der Waals surface area contributed by atoms with E-state index >= 15 is 0 Å². The molecule has 0 saturated carbocycles. The van der Waals surface area contributed by atoms with Crippen molar-refractivity contribution in [1.29, 1.82) is 0 Å².